The summed E-state index contributed by atoms with van der Waals surface area (Å²) in [6.45, 7) is 4.62. The van der Waals surface area contributed by atoms with Gasteiger partial charge in [0.25, 0.3) is 0 Å². The maximum atomic E-state index is 10.0. The van der Waals surface area contributed by atoms with Crippen LogP contribution in [0.3, 0.4) is 0 Å². The zero-order chi connectivity index (χ0) is 11.8. The van der Waals surface area contributed by atoms with E-state index < -0.39 is 0 Å². The molecule has 0 saturated heterocycles. The molecule has 5 saturated carbocycles. The lowest BCUT2D eigenvalue weighted by molar-refractivity contribution is -0.203. The summed E-state index contributed by atoms with van der Waals surface area (Å²) in [4.78, 5) is 0. The summed E-state index contributed by atoms with van der Waals surface area (Å²) in [5, 5.41) is 10.0. The van der Waals surface area contributed by atoms with Gasteiger partial charge in [0.1, 0.15) is 0 Å². The predicted octanol–water partition coefficient (Wildman–Crippen LogP) is 3.61. The van der Waals surface area contributed by atoms with E-state index in [1.165, 1.54) is 38.5 Å². The Morgan fingerprint density at radius 3 is 1.65 bits per heavy atom. The van der Waals surface area contributed by atoms with E-state index in [0.29, 0.717) is 5.41 Å². The molecule has 0 spiro atoms. The highest BCUT2D eigenvalue weighted by atomic mass is 16.3. The van der Waals surface area contributed by atoms with Crippen LogP contribution in [0, 0.1) is 34.5 Å². The quantitative estimate of drug-likeness (QED) is 0.735. The van der Waals surface area contributed by atoms with Crippen LogP contribution in [-0.4, -0.2) is 11.2 Å². The molecular formula is C16H26O. The Bertz CT molecular complexity index is 308. The maximum Gasteiger partial charge on any atom is 0.0597 e. The predicted molar refractivity (Wildman–Crippen MR) is 68.5 cm³/mol. The third kappa shape index (κ3) is 1.30. The summed E-state index contributed by atoms with van der Waals surface area (Å²) in [6.07, 6.45) is 10.2. The van der Waals surface area contributed by atoms with E-state index in [-0.39, 0.29) is 11.5 Å². The van der Waals surface area contributed by atoms with Crippen molar-refractivity contribution in [2.45, 2.75) is 64.9 Å². The molecule has 0 heterocycles. The SMILES string of the molecule is CC1(C)C(O)CC1C12CC3CC(CC(C3)C1)C2. The van der Waals surface area contributed by atoms with Crippen molar-refractivity contribution in [1.29, 1.82) is 0 Å². The lowest BCUT2D eigenvalue weighted by Gasteiger charge is -2.66. The molecule has 5 aliphatic carbocycles. The second-order valence-corrected chi connectivity index (χ2v) is 8.41. The molecule has 1 N–H and O–H groups in total. The van der Waals surface area contributed by atoms with E-state index in [9.17, 15) is 5.11 Å². The van der Waals surface area contributed by atoms with Gasteiger partial charge in [-0.3, -0.25) is 0 Å². The molecule has 96 valence electrons. The van der Waals surface area contributed by atoms with E-state index in [0.717, 1.165) is 30.1 Å². The van der Waals surface area contributed by atoms with E-state index in [2.05, 4.69) is 13.8 Å². The summed E-state index contributed by atoms with van der Waals surface area (Å²) in [5.41, 5.74) is 0.850. The first-order valence-corrected chi connectivity index (χ1v) is 7.68. The van der Waals surface area contributed by atoms with Gasteiger partial charge in [-0.1, -0.05) is 13.8 Å². The van der Waals surface area contributed by atoms with Gasteiger partial charge in [0.15, 0.2) is 0 Å². The first-order chi connectivity index (χ1) is 7.99. The van der Waals surface area contributed by atoms with Crippen LogP contribution in [0.4, 0.5) is 0 Å². The fourth-order valence-electron chi connectivity index (χ4n) is 6.55. The minimum absolute atomic E-state index is 0.0273. The van der Waals surface area contributed by atoms with Gasteiger partial charge in [0, 0.05) is 0 Å². The lowest BCUT2D eigenvalue weighted by atomic mass is 9.39. The van der Waals surface area contributed by atoms with E-state index >= 15 is 0 Å². The largest absolute Gasteiger partial charge is 0.393 e. The van der Waals surface area contributed by atoms with Crippen LogP contribution < -0.4 is 0 Å². The summed E-state index contributed by atoms with van der Waals surface area (Å²) >= 11 is 0. The molecular weight excluding hydrogens is 208 g/mol. The van der Waals surface area contributed by atoms with Gasteiger partial charge in [-0.2, -0.15) is 0 Å². The van der Waals surface area contributed by atoms with Crippen molar-refractivity contribution in [2.24, 2.45) is 34.5 Å². The molecule has 0 amide bonds. The van der Waals surface area contributed by atoms with Crippen molar-refractivity contribution in [1.82, 2.24) is 0 Å². The molecule has 0 aromatic heterocycles. The average Bonchev–Trinajstić information content (AvgIpc) is 2.23. The van der Waals surface area contributed by atoms with Gasteiger partial charge in [-0.15, -0.1) is 0 Å². The molecule has 0 aromatic rings. The monoisotopic (exact) mass is 234 g/mol. The smallest absolute Gasteiger partial charge is 0.0597 e. The fraction of sp³-hybridized carbons (Fsp3) is 1.00. The van der Waals surface area contributed by atoms with Crippen molar-refractivity contribution < 1.29 is 5.11 Å². The zero-order valence-electron chi connectivity index (χ0n) is 11.3. The number of aliphatic hydroxyl groups is 1. The Hall–Kier alpha value is -0.0400. The Kier molecular flexibility index (Phi) is 1.98. The second-order valence-electron chi connectivity index (χ2n) is 8.41. The minimum Gasteiger partial charge on any atom is -0.393 e. The molecule has 5 aliphatic rings. The van der Waals surface area contributed by atoms with Crippen LogP contribution in [-0.2, 0) is 0 Å². The average molecular weight is 234 g/mol. The van der Waals surface area contributed by atoms with Gasteiger partial charge in [-0.25, -0.2) is 0 Å². The van der Waals surface area contributed by atoms with Crippen molar-refractivity contribution in [3.8, 4) is 0 Å². The molecule has 17 heavy (non-hydrogen) atoms. The van der Waals surface area contributed by atoms with Gasteiger partial charge in [-0.05, 0) is 79.4 Å². The molecule has 0 aromatic carbocycles. The molecule has 4 bridgehead atoms. The van der Waals surface area contributed by atoms with E-state index in [1.807, 2.05) is 0 Å². The Labute approximate surface area is 105 Å². The van der Waals surface area contributed by atoms with Crippen LogP contribution in [0.15, 0.2) is 0 Å². The maximum absolute atomic E-state index is 10.0. The van der Waals surface area contributed by atoms with Crippen LogP contribution >= 0.6 is 0 Å². The first kappa shape index (κ1) is 10.8. The molecule has 0 aliphatic heterocycles. The van der Waals surface area contributed by atoms with Gasteiger partial charge in [0.2, 0.25) is 0 Å². The van der Waals surface area contributed by atoms with Gasteiger partial charge >= 0.3 is 0 Å². The van der Waals surface area contributed by atoms with E-state index in [1.54, 1.807) is 0 Å². The van der Waals surface area contributed by atoms with Crippen LogP contribution in [0.25, 0.3) is 0 Å². The van der Waals surface area contributed by atoms with Crippen LogP contribution in [0.1, 0.15) is 58.8 Å². The summed E-state index contributed by atoms with van der Waals surface area (Å²) in [6, 6.07) is 0. The van der Waals surface area contributed by atoms with Crippen LogP contribution in [0.2, 0.25) is 0 Å². The third-order valence-electron chi connectivity index (χ3n) is 7.04. The zero-order valence-corrected chi connectivity index (χ0v) is 11.3. The molecule has 0 radical (unpaired) electrons. The normalized spacial score (nSPS) is 59.1. The molecule has 1 nitrogen and oxygen atoms in total. The summed E-state index contributed by atoms with van der Waals surface area (Å²) < 4.78 is 0. The Morgan fingerprint density at radius 1 is 0.824 bits per heavy atom. The Morgan fingerprint density at radius 2 is 1.29 bits per heavy atom. The summed E-state index contributed by atoms with van der Waals surface area (Å²) in [5.74, 6) is 3.97. The molecule has 1 heteroatoms. The van der Waals surface area contributed by atoms with Crippen molar-refractivity contribution in [2.75, 3.05) is 0 Å². The third-order valence-corrected chi connectivity index (χ3v) is 7.04. The van der Waals surface area contributed by atoms with Crippen molar-refractivity contribution in [3.05, 3.63) is 0 Å². The number of rotatable bonds is 1. The van der Waals surface area contributed by atoms with Gasteiger partial charge in [0.05, 0.1) is 6.10 Å². The highest BCUT2D eigenvalue weighted by Crippen LogP contribution is 2.69. The standard InChI is InChI=1S/C16H26O/c1-15(2)13(6-14(15)17)16-7-10-3-11(8-16)5-12(4-10)9-16/h10-14,17H,3-9H2,1-2H3. The van der Waals surface area contributed by atoms with Crippen LogP contribution in [0.5, 0.6) is 0 Å². The first-order valence-electron chi connectivity index (χ1n) is 7.68. The number of hydrogen-bond acceptors (Lipinski definition) is 1. The lowest BCUT2D eigenvalue weighted by Crippen LogP contribution is -2.61. The van der Waals surface area contributed by atoms with Crippen molar-refractivity contribution >= 4 is 0 Å². The molecule has 2 atom stereocenters. The Balaban J connectivity index is 1.65. The molecule has 5 rings (SSSR count). The van der Waals surface area contributed by atoms with Crippen molar-refractivity contribution in [3.63, 3.8) is 0 Å². The fourth-order valence-corrected chi connectivity index (χ4v) is 6.55. The summed E-state index contributed by atoms with van der Waals surface area (Å²) in [7, 11) is 0. The highest BCUT2D eigenvalue weighted by Gasteiger charge is 2.62. The molecule has 2 unspecified atom stereocenters. The number of aliphatic hydroxyl groups excluding tert-OH is 1. The highest BCUT2D eigenvalue weighted by molar-refractivity contribution is 5.11. The second kappa shape index (κ2) is 3.10. The van der Waals surface area contributed by atoms with E-state index in [4.69, 9.17) is 0 Å². The van der Waals surface area contributed by atoms with Gasteiger partial charge < -0.3 is 5.11 Å². The number of hydrogen-bond donors (Lipinski definition) is 1. The topological polar surface area (TPSA) is 20.2 Å². The molecule has 5 fully saturated rings. The minimum atomic E-state index is -0.0273.